The van der Waals surface area contributed by atoms with Gasteiger partial charge in [0.2, 0.25) is 0 Å². The first-order valence-electron chi connectivity index (χ1n) is 10.3. The van der Waals surface area contributed by atoms with E-state index in [1.807, 2.05) is 0 Å². The van der Waals surface area contributed by atoms with Crippen molar-refractivity contribution in [2.45, 2.75) is 95.6 Å². The molecule has 0 rings (SSSR count). The van der Waals surface area contributed by atoms with Crippen LogP contribution in [0.4, 0.5) is 149 Å². The van der Waals surface area contributed by atoms with Crippen LogP contribution in [0.25, 0.3) is 0 Å². The molecule has 0 amide bonds. The molecule has 1 nitrogen and oxygen atoms in total. The molecule has 0 saturated heterocycles. The van der Waals surface area contributed by atoms with Gasteiger partial charge in [-0.25, -0.2) is 17.6 Å². The van der Waals surface area contributed by atoms with Crippen molar-refractivity contribution in [1.29, 1.82) is 0 Å². The molecule has 0 aromatic carbocycles. The second-order valence-electron chi connectivity index (χ2n) is 9.04. The normalized spacial score (nSPS) is 19.2. The maximum absolute atomic E-state index is 15.2. The minimum atomic E-state index is -11.1. The number of hydrogen-bond acceptors (Lipinski definition) is 1. The number of hydrogen-bond donors (Lipinski definition) is 0. The van der Waals surface area contributed by atoms with E-state index in [1.165, 1.54) is 0 Å². The van der Waals surface area contributed by atoms with Gasteiger partial charge in [-0.05, 0) is 0 Å². The molecule has 0 aromatic heterocycles. The standard InChI is InChI=1S/C16F34O/c17-1(11(33,34)35,12(36,37)38)9(31,5(23,24)3(19,20)7(27,28)15(45,46)47)51-10(32,2(18,13(39,40)41)14(42,43)44)6(25,26)4(21,22)8(29,30)16(48,49)50. The molecule has 0 fully saturated rings. The summed E-state index contributed by atoms with van der Waals surface area (Å²) in [5.41, 5.74) is -21.0. The molecule has 308 valence electrons. The lowest BCUT2D eigenvalue weighted by Crippen LogP contribution is -2.85. The molecule has 0 radical (unpaired) electrons. The summed E-state index contributed by atoms with van der Waals surface area (Å²) in [7, 11) is 0. The molecule has 0 N–H and O–H groups in total. The molecule has 0 aromatic rings. The Morgan fingerprint density at radius 1 is 0.176 bits per heavy atom. The van der Waals surface area contributed by atoms with Gasteiger partial charge in [-0.3, -0.25) is 4.74 Å². The lowest BCUT2D eigenvalue weighted by molar-refractivity contribution is -0.557. The Morgan fingerprint density at radius 3 is 0.451 bits per heavy atom. The highest BCUT2D eigenvalue weighted by atomic mass is 19.5. The summed E-state index contributed by atoms with van der Waals surface area (Å²) in [4.78, 5) is 0. The molecule has 0 spiro atoms. The molecular formula is C16F34O. The van der Waals surface area contributed by atoms with Crippen molar-refractivity contribution in [2.24, 2.45) is 0 Å². The Labute approximate surface area is 251 Å². The van der Waals surface area contributed by atoms with Gasteiger partial charge in [0.05, 0.1) is 0 Å². The van der Waals surface area contributed by atoms with Gasteiger partial charge in [0.15, 0.2) is 0 Å². The third-order valence-electron chi connectivity index (χ3n) is 5.83. The molecule has 0 aliphatic carbocycles. The van der Waals surface area contributed by atoms with Gasteiger partial charge in [0, 0.05) is 0 Å². The zero-order valence-corrected chi connectivity index (χ0v) is 21.3. The van der Waals surface area contributed by atoms with Crippen molar-refractivity contribution in [1.82, 2.24) is 0 Å². The van der Waals surface area contributed by atoms with Crippen molar-refractivity contribution < 1.29 is 154 Å². The fourth-order valence-corrected chi connectivity index (χ4v) is 3.10. The Hall–Kier alpha value is -2.42. The van der Waals surface area contributed by atoms with Gasteiger partial charge in [-0.2, -0.15) is 132 Å². The molecule has 0 heterocycles. The highest BCUT2D eigenvalue weighted by Crippen LogP contribution is 2.71. The third kappa shape index (κ3) is 5.89. The predicted molar refractivity (Wildman–Crippen MR) is 82.5 cm³/mol. The number of alkyl halides is 34. The van der Waals surface area contributed by atoms with Crippen LogP contribution in [0.2, 0.25) is 0 Å². The van der Waals surface area contributed by atoms with Crippen LogP contribution in [-0.4, -0.2) is 95.6 Å². The highest BCUT2D eigenvalue weighted by molar-refractivity contribution is 5.23. The molecule has 2 atom stereocenters. The van der Waals surface area contributed by atoms with E-state index in [-0.39, 0.29) is 4.74 Å². The molecule has 0 aliphatic rings. The van der Waals surface area contributed by atoms with Gasteiger partial charge >= 0.3 is 95.6 Å². The topological polar surface area (TPSA) is 9.23 Å². The first-order chi connectivity index (χ1) is 21.2. The zero-order valence-electron chi connectivity index (χ0n) is 21.3. The number of rotatable bonds is 10. The molecular weight excluding hydrogens is 854 g/mol. The monoisotopic (exact) mass is 854 g/mol. The predicted octanol–water partition coefficient (Wildman–Crippen LogP) is 10.9. The summed E-state index contributed by atoms with van der Waals surface area (Å²) in [6.45, 7) is 0. The van der Waals surface area contributed by atoms with Crippen molar-refractivity contribution in [3.63, 3.8) is 0 Å². The maximum Gasteiger partial charge on any atom is 0.460 e. The van der Waals surface area contributed by atoms with Crippen LogP contribution in [-0.2, 0) is 4.74 Å². The van der Waals surface area contributed by atoms with Gasteiger partial charge in [-0.1, -0.05) is 0 Å². The van der Waals surface area contributed by atoms with Crippen LogP contribution < -0.4 is 0 Å². The zero-order chi connectivity index (χ0) is 42.7. The third-order valence-corrected chi connectivity index (χ3v) is 5.83. The Balaban J connectivity index is 9.58. The average Bonchev–Trinajstić information content (AvgIpc) is 2.82. The van der Waals surface area contributed by atoms with Crippen LogP contribution in [0, 0.1) is 0 Å². The second kappa shape index (κ2) is 11.5. The first-order valence-corrected chi connectivity index (χ1v) is 10.3. The van der Waals surface area contributed by atoms with Crippen molar-refractivity contribution in [3.8, 4) is 0 Å². The van der Waals surface area contributed by atoms with Crippen LogP contribution in [0.5, 0.6) is 0 Å². The first kappa shape index (κ1) is 48.6. The van der Waals surface area contributed by atoms with E-state index in [4.69, 9.17) is 0 Å². The van der Waals surface area contributed by atoms with Crippen molar-refractivity contribution >= 4 is 0 Å². The Kier molecular flexibility index (Phi) is 11.0. The van der Waals surface area contributed by atoms with E-state index in [2.05, 4.69) is 0 Å². The van der Waals surface area contributed by atoms with Gasteiger partial charge in [-0.15, -0.1) is 0 Å². The summed E-state index contributed by atoms with van der Waals surface area (Å²) in [5.74, 6) is -82.9. The summed E-state index contributed by atoms with van der Waals surface area (Å²) in [6, 6.07) is 0. The maximum atomic E-state index is 15.2. The number of ether oxygens (including phenoxy) is 1. The SMILES string of the molecule is FC(F)(F)C(F)(F)C(F)(F)C(F)(F)C(F)(OC(F)(C(F)(F)C(F)(F)C(F)(F)C(F)(F)F)C(F)(C(F)(F)F)C(F)(F)F)C(F)(C(F)(F)F)C(F)(F)F. The van der Waals surface area contributed by atoms with Crippen LogP contribution in [0.1, 0.15) is 0 Å². The average molecular weight is 854 g/mol. The van der Waals surface area contributed by atoms with E-state index in [9.17, 15) is 140 Å². The smallest absolute Gasteiger partial charge is 0.292 e. The van der Waals surface area contributed by atoms with E-state index in [0.29, 0.717) is 0 Å². The fraction of sp³-hybridized carbons (Fsp3) is 1.00. The second-order valence-corrected chi connectivity index (χ2v) is 9.04. The molecule has 35 heteroatoms. The minimum Gasteiger partial charge on any atom is -0.292 e. The summed E-state index contributed by atoms with van der Waals surface area (Å²) in [6.07, 6.45) is -56.6. The fourth-order valence-electron chi connectivity index (χ4n) is 3.10. The Bertz CT molecular complexity index is 1120. The quantitative estimate of drug-likeness (QED) is 0.199. The molecule has 0 bridgehead atoms. The van der Waals surface area contributed by atoms with E-state index < -0.39 is 95.6 Å². The summed E-state index contributed by atoms with van der Waals surface area (Å²) >= 11 is 0. The van der Waals surface area contributed by atoms with Crippen molar-refractivity contribution in [3.05, 3.63) is 0 Å². The van der Waals surface area contributed by atoms with Crippen LogP contribution >= 0.6 is 0 Å². The van der Waals surface area contributed by atoms with E-state index >= 15 is 8.78 Å². The Morgan fingerprint density at radius 2 is 0.333 bits per heavy atom. The van der Waals surface area contributed by atoms with Crippen LogP contribution in [0.15, 0.2) is 0 Å². The minimum absolute atomic E-state index is 0.155. The summed E-state index contributed by atoms with van der Waals surface area (Å²) in [5, 5.41) is 0. The molecule has 51 heavy (non-hydrogen) atoms. The highest BCUT2D eigenvalue weighted by Gasteiger charge is 3.03. The number of halogens is 34. The molecule has 0 saturated carbocycles. The molecule has 2 unspecified atom stereocenters. The van der Waals surface area contributed by atoms with Crippen LogP contribution in [0.3, 0.4) is 0 Å². The summed E-state index contributed by atoms with van der Waals surface area (Å²) < 4.78 is 456. The van der Waals surface area contributed by atoms with E-state index in [0.717, 1.165) is 0 Å². The molecule has 0 aliphatic heterocycles. The van der Waals surface area contributed by atoms with Crippen molar-refractivity contribution in [2.75, 3.05) is 0 Å². The van der Waals surface area contributed by atoms with Gasteiger partial charge in [0.1, 0.15) is 0 Å². The lowest BCUT2D eigenvalue weighted by Gasteiger charge is -2.52. The largest absolute Gasteiger partial charge is 0.460 e. The lowest BCUT2D eigenvalue weighted by atomic mass is 9.80. The van der Waals surface area contributed by atoms with Gasteiger partial charge in [0.25, 0.3) is 0 Å². The van der Waals surface area contributed by atoms with Gasteiger partial charge < -0.3 is 0 Å². The van der Waals surface area contributed by atoms with E-state index in [1.54, 1.807) is 0 Å².